The van der Waals surface area contributed by atoms with Gasteiger partial charge in [0.05, 0.1) is 11.4 Å². The lowest BCUT2D eigenvalue weighted by Crippen LogP contribution is -2.50. The first kappa shape index (κ1) is 26.5. The monoisotopic (exact) mass is 473 g/mol. The predicted molar refractivity (Wildman–Crippen MR) is 130 cm³/mol. The van der Waals surface area contributed by atoms with Gasteiger partial charge in [-0.15, -0.1) is 0 Å². The Morgan fingerprint density at radius 3 is 2.30 bits per heavy atom. The van der Waals surface area contributed by atoms with Gasteiger partial charge in [-0.25, -0.2) is 8.42 Å². The third-order valence-corrected chi connectivity index (χ3v) is 7.34. The number of likely N-dealkylation sites (N-methyl/N-ethyl adjacent to an activating group) is 1. The Bertz CT molecular complexity index is 1050. The maximum absolute atomic E-state index is 13.3. The summed E-state index contributed by atoms with van der Waals surface area (Å²) in [7, 11) is -2.46. The van der Waals surface area contributed by atoms with Crippen molar-refractivity contribution in [3.63, 3.8) is 0 Å². The molecule has 0 aromatic heterocycles. The lowest BCUT2D eigenvalue weighted by atomic mass is 10.1. The lowest BCUT2D eigenvalue weighted by molar-refractivity contribution is -0.140. The summed E-state index contributed by atoms with van der Waals surface area (Å²) in [6.07, 6.45) is 1.80. The van der Waals surface area contributed by atoms with Gasteiger partial charge in [-0.2, -0.15) is 4.31 Å². The molecular formula is C25H35N3O4S. The van der Waals surface area contributed by atoms with Crippen LogP contribution in [0.4, 0.5) is 0 Å². The Morgan fingerprint density at radius 1 is 1.03 bits per heavy atom. The number of hydrogen-bond donors (Lipinski definition) is 1. The highest BCUT2D eigenvalue weighted by molar-refractivity contribution is 7.89. The van der Waals surface area contributed by atoms with Gasteiger partial charge in [-0.05, 0) is 44.9 Å². The predicted octanol–water partition coefficient (Wildman–Crippen LogP) is 3.26. The molecule has 1 N–H and O–H groups in total. The summed E-state index contributed by atoms with van der Waals surface area (Å²) in [6.45, 7) is 7.92. The topological polar surface area (TPSA) is 86.8 Å². The molecule has 0 heterocycles. The Balaban J connectivity index is 2.24. The van der Waals surface area contributed by atoms with E-state index in [0.29, 0.717) is 6.54 Å². The number of carbonyl (C=O) groups excluding carboxylic acids is 2. The molecule has 0 spiro atoms. The minimum Gasteiger partial charge on any atom is -0.354 e. The van der Waals surface area contributed by atoms with Crippen LogP contribution in [0.25, 0.3) is 0 Å². The van der Waals surface area contributed by atoms with E-state index in [9.17, 15) is 18.0 Å². The number of amides is 2. The van der Waals surface area contributed by atoms with E-state index in [0.717, 1.165) is 33.8 Å². The van der Waals surface area contributed by atoms with Crippen molar-refractivity contribution < 1.29 is 18.0 Å². The zero-order valence-corrected chi connectivity index (χ0v) is 21.0. The van der Waals surface area contributed by atoms with Gasteiger partial charge in [0.1, 0.15) is 6.04 Å². The van der Waals surface area contributed by atoms with Crippen LogP contribution in [0.5, 0.6) is 0 Å². The summed E-state index contributed by atoms with van der Waals surface area (Å²) in [4.78, 5) is 27.6. The second-order valence-corrected chi connectivity index (χ2v) is 10.5. The summed E-state index contributed by atoms with van der Waals surface area (Å²) in [5.74, 6) is -0.693. The summed E-state index contributed by atoms with van der Waals surface area (Å²) >= 11 is 0. The quantitative estimate of drug-likeness (QED) is 0.508. The largest absolute Gasteiger partial charge is 0.354 e. The maximum Gasteiger partial charge on any atom is 0.243 e. The highest BCUT2D eigenvalue weighted by Crippen LogP contribution is 2.17. The van der Waals surface area contributed by atoms with Gasteiger partial charge >= 0.3 is 0 Å². The maximum atomic E-state index is 13.3. The molecule has 2 aromatic carbocycles. The molecule has 0 saturated heterocycles. The Morgan fingerprint density at radius 2 is 1.70 bits per heavy atom. The fourth-order valence-corrected chi connectivity index (χ4v) is 4.50. The summed E-state index contributed by atoms with van der Waals surface area (Å²) in [6, 6.07) is 13.4. The van der Waals surface area contributed by atoms with Gasteiger partial charge in [0.2, 0.25) is 21.8 Å². The van der Waals surface area contributed by atoms with Crippen LogP contribution in [-0.2, 0) is 26.2 Å². The molecule has 2 amide bonds. The lowest BCUT2D eigenvalue weighted by Gasteiger charge is -2.30. The molecule has 1 atom stereocenters. The second-order valence-electron chi connectivity index (χ2n) is 8.41. The van der Waals surface area contributed by atoms with Gasteiger partial charge < -0.3 is 10.2 Å². The Labute approximate surface area is 197 Å². The third kappa shape index (κ3) is 7.40. The zero-order chi connectivity index (χ0) is 24.6. The number of carbonyl (C=O) groups is 2. The van der Waals surface area contributed by atoms with Crippen LogP contribution < -0.4 is 5.32 Å². The van der Waals surface area contributed by atoms with Crippen LogP contribution >= 0.6 is 0 Å². The molecule has 0 saturated carbocycles. The fourth-order valence-electron chi connectivity index (χ4n) is 3.38. The van der Waals surface area contributed by atoms with Crippen LogP contribution in [-0.4, -0.2) is 55.6 Å². The smallest absolute Gasteiger partial charge is 0.243 e. The van der Waals surface area contributed by atoms with Gasteiger partial charge in [0.15, 0.2) is 0 Å². The molecule has 0 bridgehead atoms. The zero-order valence-electron chi connectivity index (χ0n) is 20.2. The van der Waals surface area contributed by atoms with Crippen molar-refractivity contribution in [2.24, 2.45) is 0 Å². The minimum absolute atomic E-state index is 0.124. The van der Waals surface area contributed by atoms with Crippen molar-refractivity contribution in [3.05, 3.63) is 65.2 Å². The second kappa shape index (κ2) is 12.0. The molecule has 2 rings (SSSR count). The molecule has 7 nitrogen and oxygen atoms in total. The molecule has 0 aliphatic carbocycles. The van der Waals surface area contributed by atoms with Gasteiger partial charge in [-0.1, -0.05) is 60.9 Å². The molecular weight excluding hydrogens is 438 g/mol. The number of nitrogens with zero attached hydrogens (tertiary/aromatic N) is 2. The van der Waals surface area contributed by atoms with Crippen molar-refractivity contribution in [1.29, 1.82) is 0 Å². The van der Waals surface area contributed by atoms with Crippen molar-refractivity contribution in [1.82, 2.24) is 14.5 Å². The molecule has 0 radical (unpaired) electrons. The van der Waals surface area contributed by atoms with Crippen LogP contribution in [0.15, 0.2) is 53.4 Å². The van der Waals surface area contributed by atoms with E-state index < -0.39 is 22.0 Å². The van der Waals surface area contributed by atoms with E-state index in [1.54, 1.807) is 19.1 Å². The molecule has 180 valence electrons. The number of sulfonamides is 1. The van der Waals surface area contributed by atoms with E-state index in [4.69, 9.17) is 0 Å². The standard InChI is InChI=1S/C25H35N3O4S/c1-6-7-15-26-25(30)21(4)28(17-22-10-8-9-20(3)16-22)24(29)18-27(5)33(31,32)23-13-11-19(2)12-14-23/h8-14,16,21H,6-7,15,17-18H2,1-5H3,(H,26,30)/t21-/m1/s1. The molecule has 33 heavy (non-hydrogen) atoms. The van der Waals surface area contributed by atoms with Crippen LogP contribution in [0.2, 0.25) is 0 Å². The number of benzene rings is 2. The summed E-state index contributed by atoms with van der Waals surface area (Å²) in [5, 5.41) is 2.87. The van der Waals surface area contributed by atoms with E-state index >= 15 is 0 Å². The molecule has 0 unspecified atom stereocenters. The minimum atomic E-state index is -3.84. The number of unbranched alkanes of at least 4 members (excludes halogenated alkanes) is 1. The van der Waals surface area contributed by atoms with Crippen molar-refractivity contribution in [3.8, 4) is 0 Å². The van der Waals surface area contributed by atoms with E-state index in [2.05, 4.69) is 5.32 Å². The van der Waals surface area contributed by atoms with Crippen molar-refractivity contribution in [2.45, 2.75) is 58.0 Å². The first-order valence-electron chi connectivity index (χ1n) is 11.2. The first-order chi connectivity index (χ1) is 15.6. The molecule has 0 fully saturated rings. The van der Waals surface area contributed by atoms with Gasteiger partial charge in [0, 0.05) is 20.1 Å². The SMILES string of the molecule is CCCCNC(=O)[C@@H](C)N(Cc1cccc(C)c1)C(=O)CN(C)S(=O)(=O)c1ccc(C)cc1. The Kier molecular flexibility index (Phi) is 9.61. The number of aryl methyl sites for hydroxylation is 2. The molecule has 0 aliphatic rings. The van der Waals surface area contributed by atoms with Gasteiger partial charge in [0.25, 0.3) is 0 Å². The molecule has 8 heteroatoms. The van der Waals surface area contributed by atoms with E-state index in [-0.39, 0.29) is 23.9 Å². The normalized spacial score (nSPS) is 12.4. The third-order valence-electron chi connectivity index (χ3n) is 5.52. The van der Waals surface area contributed by atoms with Crippen LogP contribution in [0.3, 0.4) is 0 Å². The average molecular weight is 474 g/mol. The highest BCUT2D eigenvalue weighted by Gasteiger charge is 2.30. The summed E-state index contributed by atoms with van der Waals surface area (Å²) < 4.78 is 26.9. The van der Waals surface area contributed by atoms with Crippen LogP contribution in [0, 0.1) is 13.8 Å². The Hall–Kier alpha value is -2.71. The molecule has 2 aromatic rings. The number of hydrogen-bond acceptors (Lipinski definition) is 4. The van der Waals surface area contributed by atoms with Crippen molar-refractivity contribution >= 4 is 21.8 Å². The average Bonchev–Trinajstić information content (AvgIpc) is 2.77. The van der Waals surface area contributed by atoms with Gasteiger partial charge in [-0.3, -0.25) is 9.59 Å². The summed E-state index contributed by atoms with van der Waals surface area (Å²) in [5.41, 5.74) is 2.86. The number of nitrogens with one attached hydrogen (secondary N) is 1. The van der Waals surface area contributed by atoms with E-state index in [1.165, 1.54) is 24.1 Å². The van der Waals surface area contributed by atoms with E-state index in [1.807, 2.05) is 45.0 Å². The molecule has 0 aliphatic heterocycles. The highest BCUT2D eigenvalue weighted by atomic mass is 32.2. The van der Waals surface area contributed by atoms with Crippen molar-refractivity contribution in [2.75, 3.05) is 20.1 Å². The fraction of sp³-hybridized carbons (Fsp3) is 0.440. The number of rotatable bonds is 11. The first-order valence-corrected chi connectivity index (χ1v) is 12.7. The van der Waals surface area contributed by atoms with Crippen LogP contribution in [0.1, 0.15) is 43.4 Å².